The molecule has 0 aliphatic carbocycles. The number of rotatable bonds is 6. The van der Waals surface area contributed by atoms with Gasteiger partial charge in [-0.3, -0.25) is 0 Å². The normalized spacial score (nSPS) is 13.1. The molecule has 0 aliphatic heterocycles. The Balaban J connectivity index is 2.43. The van der Waals surface area contributed by atoms with Crippen LogP contribution in [0, 0.1) is 0 Å². The molecule has 0 aromatic heterocycles. The van der Waals surface area contributed by atoms with Crippen molar-refractivity contribution in [2.45, 2.75) is 45.8 Å². The van der Waals surface area contributed by atoms with Crippen LogP contribution in [0.25, 0.3) is 0 Å². The molecule has 0 spiro atoms. The van der Waals surface area contributed by atoms with E-state index < -0.39 is 0 Å². The molecule has 0 aliphatic rings. The lowest BCUT2D eigenvalue weighted by Gasteiger charge is -2.14. The van der Waals surface area contributed by atoms with Crippen molar-refractivity contribution in [1.29, 1.82) is 0 Å². The predicted molar refractivity (Wildman–Crippen MR) is 68.5 cm³/mol. The van der Waals surface area contributed by atoms with Gasteiger partial charge in [-0.1, -0.05) is 31.2 Å². The molecular weight excluding hydrogens is 198 g/mol. The summed E-state index contributed by atoms with van der Waals surface area (Å²) in [6, 6.07) is 8.64. The fourth-order valence-electron chi connectivity index (χ4n) is 1.60. The van der Waals surface area contributed by atoms with Gasteiger partial charge in [0.1, 0.15) is 0 Å². The standard InChI is InChI=1S/C14H23NO/c1-4-12-5-7-13(8-6-12)14(15)9-10-16-11(2)3/h5-8,11,14H,4,9-10,15H2,1-3H3. The molecule has 0 saturated carbocycles. The zero-order chi connectivity index (χ0) is 12.0. The predicted octanol–water partition coefficient (Wildman–Crippen LogP) is 3.06. The average Bonchev–Trinajstić information content (AvgIpc) is 2.28. The van der Waals surface area contributed by atoms with Crippen LogP contribution in [0.2, 0.25) is 0 Å². The van der Waals surface area contributed by atoms with Gasteiger partial charge in [-0.15, -0.1) is 0 Å². The maximum Gasteiger partial charge on any atom is 0.0518 e. The first-order valence-electron chi connectivity index (χ1n) is 6.09. The molecule has 0 amide bonds. The second kappa shape index (κ2) is 6.66. The van der Waals surface area contributed by atoms with Gasteiger partial charge in [0.25, 0.3) is 0 Å². The van der Waals surface area contributed by atoms with Crippen LogP contribution >= 0.6 is 0 Å². The van der Waals surface area contributed by atoms with Crippen LogP contribution in [-0.2, 0) is 11.2 Å². The van der Waals surface area contributed by atoms with E-state index in [2.05, 4.69) is 31.2 Å². The Kier molecular flexibility index (Phi) is 5.50. The molecule has 2 heteroatoms. The van der Waals surface area contributed by atoms with Crippen LogP contribution in [0.1, 0.15) is 44.4 Å². The number of aryl methyl sites for hydroxylation is 1. The number of hydrogen-bond acceptors (Lipinski definition) is 2. The maximum absolute atomic E-state index is 6.09. The first-order valence-corrected chi connectivity index (χ1v) is 6.09. The maximum atomic E-state index is 6.09. The van der Waals surface area contributed by atoms with Crippen molar-refractivity contribution in [2.24, 2.45) is 5.73 Å². The minimum atomic E-state index is 0.0876. The summed E-state index contributed by atoms with van der Waals surface area (Å²) in [5, 5.41) is 0. The van der Waals surface area contributed by atoms with Crippen molar-refractivity contribution in [3.8, 4) is 0 Å². The Labute approximate surface area is 98.8 Å². The number of benzene rings is 1. The Bertz CT molecular complexity index is 292. The van der Waals surface area contributed by atoms with Gasteiger partial charge in [0.2, 0.25) is 0 Å². The second-order valence-corrected chi connectivity index (χ2v) is 4.41. The van der Waals surface area contributed by atoms with Gasteiger partial charge >= 0.3 is 0 Å². The summed E-state index contributed by atoms with van der Waals surface area (Å²) in [7, 11) is 0. The minimum Gasteiger partial charge on any atom is -0.379 e. The highest BCUT2D eigenvalue weighted by Gasteiger charge is 2.06. The smallest absolute Gasteiger partial charge is 0.0518 e. The highest BCUT2D eigenvalue weighted by molar-refractivity contribution is 5.24. The van der Waals surface area contributed by atoms with Gasteiger partial charge in [-0.05, 0) is 37.8 Å². The van der Waals surface area contributed by atoms with Gasteiger partial charge < -0.3 is 10.5 Å². The van der Waals surface area contributed by atoms with Crippen molar-refractivity contribution in [3.05, 3.63) is 35.4 Å². The van der Waals surface area contributed by atoms with E-state index >= 15 is 0 Å². The van der Waals surface area contributed by atoms with E-state index in [1.165, 1.54) is 11.1 Å². The van der Waals surface area contributed by atoms with Crippen molar-refractivity contribution >= 4 is 0 Å². The molecule has 0 saturated heterocycles. The lowest BCUT2D eigenvalue weighted by Crippen LogP contribution is -2.14. The van der Waals surface area contributed by atoms with E-state index in [0.29, 0.717) is 0 Å². The highest BCUT2D eigenvalue weighted by atomic mass is 16.5. The van der Waals surface area contributed by atoms with E-state index in [1.807, 2.05) is 13.8 Å². The quantitative estimate of drug-likeness (QED) is 0.801. The van der Waals surface area contributed by atoms with Gasteiger partial charge in [0.15, 0.2) is 0 Å². The molecule has 0 heterocycles. The fraction of sp³-hybridized carbons (Fsp3) is 0.571. The third kappa shape index (κ3) is 4.33. The third-order valence-corrected chi connectivity index (χ3v) is 2.70. The minimum absolute atomic E-state index is 0.0876. The Morgan fingerprint density at radius 1 is 1.19 bits per heavy atom. The Hall–Kier alpha value is -0.860. The molecule has 1 aromatic carbocycles. The molecule has 2 nitrogen and oxygen atoms in total. The molecule has 1 unspecified atom stereocenters. The zero-order valence-electron chi connectivity index (χ0n) is 10.6. The molecule has 0 bridgehead atoms. The monoisotopic (exact) mass is 221 g/mol. The lowest BCUT2D eigenvalue weighted by atomic mass is 10.0. The summed E-state index contributed by atoms with van der Waals surface area (Å²) in [6.07, 6.45) is 2.24. The van der Waals surface area contributed by atoms with Crippen LogP contribution in [0.4, 0.5) is 0 Å². The topological polar surface area (TPSA) is 35.2 Å². The molecule has 1 rings (SSSR count). The Morgan fingerprint density at radius 3 is 2.31 bits per heavy atom. The molecular formula is C14H23NO. The molecule has 16 heavy (non-hydrogen) atoms. The largest absolute Gasteiger partial charge is 0.379 e. The lowest BCUT2D eigenvalue weighted by molar-refractivity contribution is 0.0736. The molecule has 0 fully saturated rings. The first kappa shape index (κ1) is 13.2. The van der Waals surface area contributed by atoms with Crippen molar-refractivity contribution in [3.63, 3.8) is 0 Å². The average molecular weight is 221 g/mol. The summed E-state index contributed by atoms with van der Waals surface area (Å²) >= 11 is 0. The van der Waals surface area contributed by atoms with Crippen LogP contribution in [0.15, 0.2) is 24.3 Å². The first-order chi connectivity index (χ1) is 7.63. The summed E-state index contributed by atoms with van der Waals surface area (Å²) in [4.78, 5) is 0. The van der Waals surface area contributed by atoms with E-state index in [-0.39, 0.29) is 12.1 Å². The van der Waals surface area contributed by atoms with Crippen molar-refractivity contribution in [1.82, 2.24) is 0 Å². The number of hydrogen-bond donors (Lipinski definition) is 1. The second-order valence-electron chi connectivity index (χ2n) is 4.41. The van der Waals surface area contributed by atoms with Crippen LogP contribution in [0.3, 0.4) is 0 Å². The number of ether oxygens (including phenoxy) is 1. The number of nitrogens with two attached hydrogens (primary N) is 1. The molecule has 1 aromatic rings. The molecule has 1 atom stereocenters. The van der Waals surface area contributed by atoms with Crippen LogP contribution < -0.4 is 5.73 Å². The summed E-state index contributed by atoms with van der Waals surface area (Å²) in [6.45, 7) is 6.98. The summed E-state index contributed by atoms with van der Waals surface area (Å²) < 4.78 is 5.50. The van der Waals surface area contributed by atoms with Crippen molar-refractivity contribution in [2.75, 3.05) is 6.61 Å². The summed E-state index contributed by atoms with van der Waals surface area (Å²) in [5.41, 5.74) is 8.65. The van der Waals surface area contributed by atoms with Crippen LogP contribution in [0.5, 0.6) is 0 Å². The van der Waals surface area contributed by atoms with Gasteiger partial charge in [-0.25, -0.2) is 0 Å². The molecule has 90 valence electrons. The highest BCUT2D eigenvalue weighted by Crippen LogP contribution is 2.15. The van der Waals surface area contributed by atoms with E-state index in [1.54, 1.807) is 0 Å². The molecule has 2 N–H and O–H groups in total. The van der Waals surface area contributed by atoms with Crippen molar-refractivity contribution < 1.29 is 4.74 Å². The summed E-state index contributed by atoms with van der Waals surface area (Å²) in [5.74, 6) is 0. The van der Waals surface area contributed by atoms with E-state index in [4.69, 9.17) is 10.5 Å². The fourth-order valence-corrected chi connectivity index (χ4v) is 1.60. The third-order valence-electron chi connectivity index (χ3n) is 2.70. The van der Waals surface area contributed by atoms with Gasteiger partial charge in [-0.2, -0.15) is 0 Å². The molecule has 0 radical (unpaired) electrons. The van der Waals surface area contributed by atoms with Crippen LogP contribution in [-0.4, -0.2) is 12.7 Å². The Morgan fingerprint density at radius 2 is 1.81 bits per heavy atom. The SMILES string of the molecule is CCc1ccc(C(N)CCOC(C)C)cc1. The van der Waals surface area contributed by atoms with Gasteiger partial charge in [0.05, 0.1) is 6.10 Å². The zero-order valence-corrected chi connectivity index (χ0v) is 10.6. The van der Waals surface area contributed by atoms with E-state index in [9.17, 15) is 0 Å². The van der Waals surface area contributed by atoms with E-state index in [0.717, 1.165) is 19.4 Å². The van der Waals surface area contributed by atoms with Gasteiger partial charge in [0, 0.05) is 12.6 Å².